The summed E-state index contributed by atoms with van der Waals surface area (Å²) < 4.78 is 76.1. The fourth-order valence-corrected chi connectivity index (χ4v) is 6.91. The zero-order valence-corrected chi connectivity index (χ0v) is 24.2. The molecule has 2 aliphatic rings. The van der Waals surface area contributed by atoms with Crippen molar-refractivity contribution < 1.29 is 31.4 Å². The van der Waals surface area contributed by atoms with E-state index in [0.717, 1.165) is 25.2 Å². The highest BCUT2D eigenvalue weighted by Crippen LogP contribution is 2.41. The number of pyridine rings is 1. The highest BCUT2D eigenvalue weighted by atomic mass is 32.2. The first-order chi connectivity index (χ1) is 21.5. The topological polar surface area (TPSA) is 149 Å². The van der Waals surface area contributed by atoms with Crippen molar-refractivity contribution in [3.05, 3.63) is 60.1 Å². The van der Waals surface area contributed by atoms with E-state index in [1.165, 1.54) is 30.6 Å². The largest absolute Gasteiger partial charge is 0.508 e. The maximum atomic E-state index is 16.6. The Morgan fingerprint density at radius 1 is 1.20 bits per heavy atom. The summed E-state index contributed by atoms with van der Waals surface area (Å²) in [5.74, 6) is 0.371. The lowest BCUT2D eigenvalue weighted by Gasteiger charge is -2.30. The van der Waals surface area contributed by atoms with Gasteiger partial charge in [0.2, 0.25) is 0 Å². The lowest BCUT2D eigenvalue weighted by molar-refractivity contribution is 0.107. The SMILES string of the molecule is C#Cc1c(F)ccc2cc(O)cc(-c3ncc4c(-c5cnn(S(N)(=O)=O)c5)nc(OC[C@@]56CCCN5C[C@H](F)C6)nc4c3F)c12. The molecule has 0 amide bonds. The molecule has 5 aromatic rings. The first-order valence-electron chi connectivity index (χ1n) is 13.9. The lowest BCUT2D eigenvalue weighted by atomic mass is 9.95. The van der Waals surface area contributed by atoms with Gasteiger partial charge in [-0.05, 0) is 43.0 Å². The quantitative estimate of drug-likeness (QED) is 0.267. The van der Waals surface area contributed by atoms with Crippen LogP contribution in [0.4, 0.5) is 13.2 Å². The second-order valence-electron chi connectivity index (χ2n) is 11.2. The fraction of sp³-hybridized carbons (Fsp3) is 0.267. The van der Waals surface area contributed by atoms with E-state index in [4.69, 9.17) is 16.3 Å². The van der Waals surface area contributed by atoms with Gasteiger partial charge in [-0.2, -0.15) is 27.6 Å². The number of terminal acetylenes is 1. The number of aromatic hydroxyl groups is 1. The van der Waals surface area contributed by atoms with E-state index in [9.17, 15) is 22.3 Å². The van der Waals surface area contributed by atoms with Crippen LogP contribution in [0.5, 0.6) is 11.8 Å². The molecule has 0 spiro atoms. The summed E-state index contributed by atoms with van der Waals surface area (Å²) in [6.45, 7) is 1.06. The molecule has 0 bridgehead atoms. The molecule has 11 nitrogen and oxygen atoms in total. The van der Waals surface area contributed by atoms with Crippen LogP contribution in [0.1, 0.15) is 24.8 Å². The molecule has 3 aromatic heterocycles. The van der Waals surface area contributed by atoms with Gasteiger partial charge < -0.3 is 9.84 Å². The third kappa shape index (κ3) is 4.82. The molecule has 2 aliphatic heterocycles. The number of nitrogens with zero attached hydrogens (tertiary/aromatic N) is 6. The highest BCUT2D eigenvalue weighted by Gasteiger charge is 2.49. The van der Waals surface area contributed by atoms with Gasteiger partial charge in [0.1, 0.15) is 35.6 Å². The predicted molar refractivity (Wildman–Crippen MR) is 158 cm³/mol. The van der Waals surface area contributed by atoms with Crippen LogP contribution in [0, 0.1) is 24.0 Å². The van der Waals surface area contributed by atoms with Crippen molar-refractivity contribution in [2.75, 3.05) is 19.7 Å². The van der Waals surface area contributed by atoms with Crippen LogP contribution in [0.15, 0.2) is 42.9 Å². The minimum atomic E-state index is -4.25. The molecule has 7 rings (SSSR count). The number of aromatic nitrogens is 5. The number of nitrogens with two attached hydrogens (primary N) is 1. The minimum absolute atomic E-state index is 0.0157. The van der Waals surface area contributed by atoms with E-state index in [2.05, 4.69) is 26.0 Å². The Hall–Kier alpha value is -4.78. The minimum Gasteiger partial charge on any atom is -0.508 e. The van der Waals surface area contributed by atoms with Gasteiger partial charge >= 0.3 is 16.2 Å². The molecule has 2 saturated heterocycles. The molecule has 0 unspecified atom stereocenters. The van der Waals surface area contributed by atoms with E-state index in [-0.39, 0.29) is 69.2 Å². The van der Waals surface area contributed by atoms with Gasteiger partial charge in [0.15, 0.2) is 5.82 Å². The zero-order valence-electron chi connectivity index (χ0n) is 23.4. The Labute approximate surface area is 254 Å². The van der Waals surface area contributed by atoms with Crippen molar-refractivity contribution >= 4 is 31.9 Å². The van der Waals surface area contributed by atoms with Crippen molar-refractivity contribution in [1.82, 2.24) is 29.0 Å². The first kappa shape index (κ1) is 29.0. The Bertz CT molecular complexity index is 2190. The van der Waals surface area contributed by atoms with Crippen molar-refractivity contribution in [3.63, 3.8) is 0 Å². The Kier molecular flexibility index (Phi) is 6.69. The summed E-state index contributed by atoms with van der Waals surface area (Å²) in [6, 6.07) is 4.88. The summed E-state index contributed by atoms with van der Waals surface area (Å²) in [7, 11) is -4.25. The van der Waals surface area contributed by atoms with Crippen molar-refractivity contribution in [3.8, 4) is 46.6 Å². The van der Waals surface area contributed by atoms with E-state index in [1.807, 2.05) is 4.90 Å². The number of halogens is 3. The lowest BCUT2D eigenvalue weighted by Crippen LogP contribution is -2.43. The standard InChI is InChI=1S/C30H24F3N7O4S/c1-2-20-23(32)5-4-16-8-19(41)9-21(24(16)20)27-25(33)28-22(12-35-27)26(17-11-36-40(13-17)45(34,42)43)37-29(38-28)44-15-30-6-3-7-39(30)14-18(31)10-30/h1,4-5,8-9,11-13,18,41H,3,6-7,10,14-15H2,(H2,34,42,43)/t18-,30+/m1/s1. The van der Waals surface area contributed by atoms with Gasteiger partial charge in [0, 0.05) is 41.1 Å². The molecule has 2 atom stereocenters. The highest BCUT2D eigenvalue weighted by molar-refractivity contribution is 7.87. The Balaban J connectivity index is 1.42. The Morgan fingerprint density at radius 2 is 2.02 bits per heavy atom. The molecule has 5 heterocycles. The van der Waals surface area contributed by atoms with Crippen LogP contribution < -0.4 is 9.88 Å². The maximum Gasteiger partial charge on any atom is 0.317 e. The molecule has 0 saturated carbocycles. The van der Waals surface area contributed by atoms with Crippen LogP contribution in [0.25, 0.3) is 44.2 Å². The summed E-state index contributed by atoms with van der Waals surface area (Å²) in [6.07, 6.45) is 9.98. The van der Waals surface area contributed by atoms with Crippen molar-refractivity contribution in [1.29, 1.82) is 0 Å². The second-order valence-corrected chi connectivity index (χ2v) is 12.6. The van der Waals surface area contributed by atoms with Gasteiger partial charge in [-0.1, -0.05) is 12.0 Å². The molecule has 2 fully saturated rings. The second kappa shape index (κ2) is 10.4. The van der Waals surface area contributed by atoms with Crippen LogP contribution in [-0.2, 0) is 10.2 Å². The van der Waals surface area contributed by atoms with Crippen LogP contribution in [0.2, 0.25) is 0 Å². The van der Waals surface area contributed by atoms with Crippen LogP contribution >= 0.6 is 0 Å². The molecule has 45 heavy (non-hydrogen) atoms. The molecule has 2 aromatic carbocycles. The van der Waals surface area contributed by atoms with E-state index >= 15 is 4.39 Å². The summed E-state index contributed by atoms with van der Waals surface area (Å²) >= 11 is 0. The average Bonchev–Trinajstić information content (AvgIpc) is 3.71. The number of fused-ring (bicyclic) bond motifs is 3. The van der Waals surface area contributed by atoms with Crippen molar-refractivity contribution in [2.24, 2.45) is 5.14 Å². The number of ether oxygens (including phenoxy) is 1. The monoisotopic (exact) mass is 635 g/mol. The Morgan fingerprint density at radius 3 is 2.78 bits per heavy atom. The molecular weight excluding hydrogens is 611 g/mol. The molecule has 0 radical (unpaired) electrons. The molecule has 15 heteroatoms. The first-order valence-corrected chi connectivity index (χ1v) is 15.4. The number of hydrogen-bond donors (Lipinski definition) is 2. The number of hydrogen-bond acceptors (Lipinski definition) is 9. The molecule has 230 valence electrons. The number of rotatable bonds is 6. The van der Waals surface area contributed by atoms with Gasteiger partial charge in [-0.15, -0.1) is 6.42 Å². The van der Waals surface area contributed by atoms with E-state index in [0.29, 0.717) is 22.4 Å². The van der Waals surface area contributed by atoms with Crippen LogP contribution in [0.3, 0.4) is 0 Å². The van der Waals surface area contributed by atoms with Crippen molar-refractivity contribution in [2.45, 2.75) is 31.0 Å². The maximum absolute atomic E-state index is 16.6. The smallest absolute Gasteiger partial charge is 0.317 e. The van der Waals surface area contributed by atoms with Gasteiger partial charge in [-0.25, -0.2) is 18.3 Å². The fourth-order valence-electron chi connectivity index (χ4n) is 6.48. The van der Waals surface area contributed by atoms with Gasteiger partial charge in [0.25, 0.3) is 0 Å². The van der Waals surface area contributed by atoms with Crippen LogP contribution in [-0.4, -0.2) is 74.0 Å². The molecular formula is C30H24F3N7O4S. The average molecular weight is 636 g/mol. The zero-order chi connectivity index (χ0) is 31.7. The third-order valence-electron chi connectivity index (χ3n) is 8.44. The van der Waals surface area contributed by atoms with E-state index in [1.54, 1.807) is 0 Å². The molecule has 3 N–H and O–H groups in total. The normalized spacial score (nSPS) is 20.1. The number of alkyl halides is 1. The number of phenolic OH excluding ortho intramolecular Hbond substituents is 1. The number of benzene rings is 2. The third-order valence-corrected chi connectivity index (χ3v) is 9.16. The predicted octanol–water partition coefficient (Wildman–Crippen LogP) is 3.68. The summed E-state index contributed by atoms with van der Waals surface area (Å²) in [5, 5.41) is 20.0. The summed E-state index contributed by atoms with van der Waals surface area (Å²) in [5.41, 5.74) is -1.08. The van der Waals surface area contributed by atoms with E-state index < -0.39 is 33.6 Å². The van der Waals surface area contributed by atoms with Gasteiger partial charge in [0.05, 0.1) is 29.2 Å². The van der Waals surface area contributed by atoms with Gasteiger partial charge in [-0.3, -0.25) is 9.88 Å². The molecule has 0 aliphatic carbocycles. The summed E-state index contributed by atoms with van der Waals surface area (Å²) in [4.78, 5) is 15.1. The number of phenols is 1.